The van der Waals surface area contributed by atoms with Gasteiger partial charge in [0.1, 0.15) is 5.71 Å². The smallest absolute Gasteiger partial charge is 0.105 e. The van der Waals surface area contributed by atoms with Crippen LogP contribution in [0.1, 0.15) is 0 Å². The molecule has 0 aliphatic heterocycles. The molecule has 0 aliphatic rings. The molecule has 0 aromatic heterocycles. The molecule has 2 nitrogen and oxygen atoms in total. The topological polar surface area (TPSA) is 35.9 Å². The van der Waals surface area contributed by atoms with Gasteiger partial charge in [0.25, 0.3) is 0 Å². The average molecular weight is 108 g/mol. The fourth-order valence-electron chi connectivity index (χ4n) is 0.215. The first-order valence-corrected chi connectivity index (χ1v) is 2.20. The largest absolute Gasteiger partial charge is 0.394 e. The molecule has 0 aromatic carbocycles. The Balaban J connectivity index is 3.58. The predicted octanol–water partition coefficient (Wildman–Crippen LogP) is 0.372. The molecule has 0 atom stereocenters. The highest BCUT2D eigenvalue weighted by Crippen LogP contribution is 1.69. The second kappa shape index (κ2) is 3.94. The Morgan fingerprint density at radius 1 is 1.88 bits per heavy atom. The van der Waals surface area contributed by atoms with Crippen molar-refractivity contribution in [3.05, 3.63) is 12.3 Å². The minimum Gasteiger partial charge on any atom is -0.394 e. The quantitative estimate of drug-likeness (QED) is 0.389. The Kier molecular flexibility index (Phi) is 3.34. The fourth-order valence-corrected chi connectivity index (χ4v) is 0.215. The minimum atomic E-state index is 0.180. The molecule has 0 bridgehead atoms. The van der Waals surface area contributed by atoms with Gasteiger partial charge in [0, 0.05) is 7.05 Å². The van der Waals surface area contributed by atoms with Gasteiger partial charge in [0.05, 0.1) is 0 Å². The molecule has 0 aromatic rings. The summed E-state index contributed by atoms with van der Waals surface area (Å²) in [6.07, 6.45) is 7.99. The van der Waals surface area contributed by atoms with Crippen molar-refractivity contribution in [2.24, 2.45) is 0 Å². The van der Waals surface area contributed by atoms with Gasteiger partial charge in [-0.1, -0.05) is 5.92 Å². The Labute approximate surface area is 49.1 Å². The molecule has 0 heterocycles. The number of allylic oxidation sites excluding steroid dienone is 1. The SMILES string of the molecule is C#CC(=N)/C=C\NC. The van der Waals surface area contributed by atoms with Crippen LogP contribution in [0.15, 0.2) is 12.3 Å². The van der Waals surface area contributed by atoms with Crippen LogP contribution in [0.25, 0.3) is 0 Å². The van der Waals surface area contributed by atoms with Gasteiger partial charge >= 0.3 is 0 Å². The van der Waals surface area contributed by atoms with Gasteiger partial charge in [0.2, 0.25) is 0 Å². The maximum Gasteiger partial charge on any atom is 0.105 e. The molecule has 0 spiro atoms. The van der Waals surface area contributed by atoms with Crippen LogP contribution >= 0.6 is 0 Å². The van der Waals surface area contributed by atoms with E-state index in [0.717, 1.165) is 0 Å². The van der Waals surface area contributed by atoms with E-state index in [9.17, 15) is 0 Å². The van der Waals surface area contributed by atoms with Crippen LogP contribution in [0.4, 0.5) is 0 Å². The van der Waals surface area contributed by atoms with Crippen molar-refractivity contribution in [3.8, 4) is 12.3 Å². The first-order valence-electron chi connectivity index (χ1n) is 2.20. The lowest BCUT2D eigenvalue weighted by molar-refractivity contribution is 1.10. The van der Waals surface area contributed by atoms with E-state index < -0.39 is 0 Å². The zero-order chi connectivity index (χ0) is 6.41. The highest BCUT2D eigenvalue weighted by molar-refractivity contribution is 6.05. The molecule has 0 fully saturated rings. The highest BCUT2D eigenvalue weighted by Gasteiger charge is 1.74. The highest BCUT2D eigenvalue weighted by atomic mass is 14.8. The van der Waals surface area contributed by atoms with Crippen molar-refractivity contribution in [1.82, 2.24) is 5.32 Å². The van der Waals surface area contributed by atoms with Crippen molar-refractivity contribution < 1.29 is 0 Å². The molecule has 42 valence electrons. The maximum absolute atomic E-state index is 6.88. The van der Waals surface area contributed by atoms with Crippen molar-refractivity contribution in [3.63, 3.8) is 0 Å². The molecule has 0 unspecified atom stereocenters. The third-order valence-electron chi connectivity index (χ3n) is 0.572. The van der Waals surface area contributed by atoms with Gasteiger partial charge in [-0.2, -0.15) is 0 Å². The van der Waals surface area contributed by atoms with Crippen LogP contribution in [0, 0.1) is 17.8 Å². The monoisotopic (exact) mass is 108 g/mol. The van der Waals surface area contributed by atoms with E-state index in [4.69, 9.17) is 11.8 Å². The lowest BCUT2D eigenvalue weighted by atomic mass is 10.4. The second-order valence-electron chi connectivity index (χ2n) is 1.18. The Morgan fingerprint density at radius 3 is 2.88 bits per heavy atom. The van der Waals surface area contributed by atoms with Crippen LogP contribution in [-0.2, 0) is 0 Å². The number of nitrogens with one attached hydrogen (secondary N) is 2. The number of terminal acetylenes is 1. The summed E-state index contributed by atoms with van der Waals surface area (Å²) in [4.78, 5) is 0. The third kappa shape index (κ3) is 2.98. The van der Waals surface area contributed by atoms with Gasteiger partial charge in [-0.3, -0.25) is 5.41 Å². The fraction of sp³-hybridized carbons (Fsp3) is 0.167. The van der Waals surface area contributed by atoms with E-state index >= 15 is 0 Å². The Hall–Kier alpha value is -1.23. The number of hydrogen-bond donors (Lipinski definition) is 2. The van der Waals surface area contributed by atoms with Crippen LogP contribution in [0.3, 0.4) is 0 Å². The average Bonchev–Trinajstić information content (AvgIpc) is 1.83. The second-order valence-corrected chi connectivity index (χ2v) is 1.18. The summed E-state index contributed by atoms with van der Waals surface area (Å²) in [5, 5.41) is 9.59. The zero-order valence-corrected chi connectivity index (χ0v) is 4.73. The van der Waals surface area contributed by atoms with E-state index in [2.05, 4.69) is 11.2 Å². The molecule has 0 rings (SSSR count). The van der Waals surface area contributed by atoms with Crippen molar-refractivity contribution in [1.29, 1.82) is 5.41 Å². The summed E-state index contributed by atoms with van der Waals surface area (Å²) >= 11 is 0. The Bertz CT molecular complexity index is 139. The first kappa shape index (κ1) is 6.77. The van der Waals surface area contributed by atoms with Crippen molar-refractivity contribution in [2.75, 3.05) is 7.05 Å². The predicted molar refractivity (Wildman–Crippen MR) is 34.8 cm³/mol. The lowest BCUT2D eigenvalue weighted by Gasteiger charge is -1.81. The molecule has 2 N–H and O–H groups in total. The molecule has 2 heteroatoms. The van der Waals surface area contributed by atoms with E-state index in [1.54, 1.807) is 13.2 Å². The molecule has 0 saturated carbocycles. The third-order valence-corrected chi connectivity index (χ3v) is 0.572. The number of hydrogen-bond acceptors (Lipinski definition) is 2. The van der Waals surface area contributed by atoms with Gasteiger partial charge in [-0.25, -0.2) is 0 Å². The van der Waals surface area contributed by atoms with E-state index in [0.29, 0.717) is 0 Å². The Morgan fingerprint density at radius 2 is 2.50 bits per heavy atom. The first-order chi connectivity index (χ1) is 3.81. The summed E-state index contributed by atoms with van der Waals surface area (Å²) in [6, 6.07) is 0. The summed E-state index contributed by atoms with van der Waals surface area (Å²) in [5.74, 6) is 2.16. The standard InChI is InChI=1S/C6H8N2/c1-3-6(7)4-5-8-2/h1,4-5,7-8H,2H3/b5-4-,7-6?. The molecular weight excluding hydrogens is 100 g/mol. The van der Waals surface area contributed by atoms with Crippen LogP contribution in [-0.4, -0.2) is 12.8 Å². The molecule has 0 aliphatic carbocycles. The zero-order valence-electron chi connectivity index (χ0n) is 4.73. The van der Waals surface area contributed by atoms with Gasteiger partial charge < -0.3 is 5.32 Å². The normalized spacial score (nSPS) is 8.50. The molecular formula is C6H8N2. The van der Waals surface area contributed by atoms with Gasteiger partial charge in [-0.05, 0) is 12.3 Å². The molecule has 0 saturated heterocycles. The van der Waals surface area contributed by atoms with Crippen molar-refractivity contribution in [2.45, 2.75) is 0 Å². The van der Waals surface area contributed by atoms with E-state index in [1.165, 1.54) is 6.08 Å². The number of rotatable bonds is 2. The molecule has 0 amide bonds. The summed E-state index contributed by atoms with van der Waals surface area (Å²) in [6.45, 7) is 0. The van der Waals surface area contributed by atoms with Gasteiger partial charge in [-0.15, -0.1) is 6.42 Å². The summed E-state index contributed by atoms with van der Waals surface area (Å²) < 4.78 is 0. The minimum absolute atomic E-state index is 0.180. The summed E-state index contributed by atoms with van der Waals surface area (Å²) in [5.41, 5.74) is 0.180. The van der Waals surface area contributed by atoms with Gasteiger partial charge in [0.15, 0.2) is 0 Å². The van der Waals surface area contributed by atoms with Crippen LogP contribution in [0.5, 0.6) is 0 Å². The summed E-state index contributed by atoms with van der Waals surface area (Å²) in [7, 11) is 1.75. The lowest BCUT2D eigenvalue weighted by Crippen LogP contribution is -1.94. The maximum atomic E-state index is 6.88. The van der Waals surface area contributed by atoms with Crippen molar-refractivity contribution >= 4 is 5.71 Å². The molecule has 0 radical (unpaired) electrons. The van der Waals surface area contributed by atoms with E-state index in [-0.39, 0.29) is 5.71 Å². The van der Waals surface area contributed by atoms with Crippen LogP contribution < -0.4 is 5.32 Å². The van der Waals surface area contributed by atoms with Crippen LogP contribution in [0.2, 0.25) is 0 Å². The van der Waals surface area contributed by atoms with E-state index in [1.807, 2.05) is 0 Å². The molecule has 8 heavy (non-hydrogen) atoms.